The maximum absolute atomic E-state index is 11.4. The van der Waals surface area contributed by atoms with Gasteiger partial charge >= 0.3 is 5.63 Å². The molecule has 5 nitrogen and oxygen atoms in total. The molecule has 0 N–H and O–H groups in total. The lowest BCUT2D eigenvalue weighted by molar-refractivity contribution is 0.288. The van der Waals surface area contributed by atoms with Crippen LogP contribution in [0.15, 0.2) is 38.0 Å². The molecule has 2 aromatic heterocycles. The van der Waals surface area contributed by atoms with Gasteiger partial charge in [-0.3, -0.25) is 0 Å². The summed E-state index contributed by atoms with van der Waals surface area (Å²) >= 11 is 6.20. The van der Waals surface area contributed by atoms with E-state index in [1.807, 2.05) is 6.92 Å². The molecule has 0 atom stereocenters. The van der Waals surface area contributed by atoms with Crippen molar-refractivity contribution in [1.82, 2.24) is 5.16 Å². The summed E-state index contributed by atoms with van der Waals surface area (Å²) in [6.45, 7) is 3.85. The van der Waals surface area contributed by atoms with Crippen molar-refractivity contribution in [2.24, 2.45) is 0 Å². The fraction of sp³-hybridized carbons (Fsp3) is 0.200. The Morgan fingerprint density at radius 1 is 1.24 bits per heavy atom. The second-order valence-electron chi connectivity index (χ2n) is 4.74. The summed E-state index contributed by atoms with van der Waals surface area (Å²) in [5.74, 6) is 1.14. The van der Waals surface area contributed by atoms with Crippen molar-refractivity contribution >= 4 is 22.6 Å². The van der Waals surface area contributed by atoms with Crippen molar-refractivity contribution in [3.8, 4) is 5.75 Å². The van der Waals surface area contributed by atoms with E-state index >= 15 is 0 Å². The van der Waals surface area contributed by atoms with Gasteiger partial charge in [0.25, 0.3) is 0 Å². The van der Waals surface area contributed by atoms with Crippen molar-refractivity contribution in [3.63, 3.8) is 0 Å². The molecule has 0 fully saturated rings. The number of fused-ring (bicyclic) bond motifs is 1. The minimum absolute atomic E-state index is 0.221. The first kappa shape index (κ1) is 13.7. The molecule has 0 saturated carbocycles. The summed E-state index contributed by atoms with van der Waals surface area (Å²) in [5, 5.41) is 5.06. The van der Waals surface area contributed by atoms with Gasteiger partial charge in [-0.15, -0.1) is 0 Å². The van der Waals surface area contributed by atoms with Crippen molar-refractivity contribution in [3.05, 3.63) is 56.7 Å². The molecule has 0 aliphatic heterocycles. The summed E-state index contributed by atoms with van der Waals surface area (Å²) in [5.41, 5.74) is 1.51. The average molecular weight is 306 g/mol. The Kier molecular flexibility index (Phi) is 3.43. The zero-order chi connectivity index (χ0) is 15.0. The highest BCUT2D eigenvalue weighted by molar-refractivity contribution is 6.32. The van der Waals surface area contributed by atoms with Gasteiger partial charge in [0.2, 0.25) is 0 Å². The molecule has 1 aromatic carbocycles. The molecule has 0 radical (unpaired) electrons. The predicted octanol–water partition coefficient (Wildman–Crippen LogP) is 3.63. The molecular formula is C15H12ClNO4. The topological polar surface area (TPSA) is 65.5 Å². The molecule has 108 valence electrons. The van der Waals surface area contributed by atoms with Crippen molar-refractivity contribution in [2.75, 3.05) is 0 Å². The third kappa shape index (κ3) is 2.78. The Bertz CT molecular complexity index is 866. The monoisotopic (exact) mass is 305 g/mol. The normalized spacial score (nSPS) is 11.0. The van der Waals surface area contributed by atoms with Crippen LogP contribution in [0.4, 0.5) is 0 Å². The van der Waals surface area contributed by atoms with Crippen LogP contribution in [0, 0.1) is 13.8 Å². The second kappa shape index (κ2) is 5.26. The molecule has 0 amide bonds. The van der Waals surface area contributed by atoms with Gasteiger partial charge in [0, 0.05) is 23.6 Å². The van der Waals surface area contributed by atoms with E-state index in [9.17, 15) is 4.79 Å². The lowest BCUT2D eigenvalue weighted by Gasteiger charge is -2.08. The number of hydrogen-bond acceptors (Lipinski definition) is 5. The molecule has 0 bridgehead atoms. The number of nitrogens with zero attached hydrogens (tertiary/aromatic N) is 1. The lowest BCUT2D eigenvalue weighted by atomic mass is 10.1. The standard InChI is InChI=1S/C15H12ClNO4/c1-8-3-15(18)20-13-6-14(12(16)5-11(8)13)19-7-10-4-9(2)21-17-10/h3-6H,7H2,1-2H3. The smallest absolute Gasteiger partial charge is 0.336 e. The number of hydrogen-bond donors (Lipinski definition) is 0. The van der Waals surface area contributed by atoms with Crippen molar-refractivity contribution < 1.29 is 13.7 Å². The molecule has 0 saturated heterocycles. The number of aromatic nitrogens is 1. The first-order valence-electron chi connectivity index (χ1n) is 6.32. The molecule has 0 aliphatic carbocycles. The molecule has 0 spiro atoms. The van der Waals surface area contributed by atoms with Gasteiger partial charge in [0.1, 0.15) is 29.4 Å². The Morgan fingerprint density at radius 2 is 2.05 bits per heavy atom. The van der Waals surface area contributed by atoms with E-state index in [2.05, 4.69) is 5.16 Å². The summed E-state index contributed by atoms with van der Waals surface area (Å²) < 4.78 is 15.7. The van der Waals surface area contributed by atoms with E-state index in [1.165, 1.54) is 6.07 Å². The first-order valence-corrected chi connectivity index (χ1v) is 6.70. The minimum Gasteiger partial charge on any atom is -0.485 e. The van der Waals surface area contributed by atoms with Gasteiger partial charge in [-0.05, 0) is 25.5 Å². The SMILES string of the molecule is Cc1cc(COc2cc3oc(=O)cc(C)c3cc2Cl)no1. The predicted molar refractivity (Wildman–Crippen MR) is 77.8 cm³/mol. The van der Waals surface area contributed by atoms with E-state index in [4.69, 9.17) is 25.3 Å². The molecule has 2 heterocycles. The van der Waals surface area contributed by atoms with Gasteiger partial charge in [0.05, 0.1) is 5.02 Å². The molecule has 21 heavy (non-hydrogen) atoms. The Labute approximate surface area is 125 Å². The van der Waals surface area contributed by atoms with Crippen LogP contribution in [0.5, 0.6) is 5.75 Å². The molecule has 6 heteroatoms. The maximum Gasteiger partial charge on any atom is 0.336 e. The minimum atomic E-state index is -0.402. The molecular weight excluding hydrogens is 294 g/mol. The highest BCUT2D eigenvalue weighted by Crippen LogP contribution is 2.31. The van der Waals surface area contributed by atoms with Gasteiger partial charge in [-0.25, -0.2) is 4.79 Å². The van der Waals surface area contributed by atoms with Crippen LogP contribution in [-0.2, 0) is 6.61 Å². The maximum atomic E-state index is 11.4. The highest BCUT2D eigenvalue weighted by atomic mass is 35.5. The van der Waals surface area contributed by atoms with E-state index in [0.29, 0.717) is 27.8 Å². The quantitative estimate of drug-likeness (QED) is 0.691. The third-order valence-electron chi connectivity index (χ3n) is 3.06. The molecule has 3 rings (SSSR count). The Morgan fingerprint density at radius 3 is 2.76 bits per heavy atom. The van der Waals surface area contributed by atoms with E-state index in [1.54, 1.807) is 25.1 Å². The Hall–Kier alpha value is -2.27. The van der Waals surface area contributed by atoms with Crippen LogP contribution in [0.3, 0.4) is 0 Å². The van der Waals surface area contributed by atoms with Crippen LogP contribution >= 0.6 is 11.6 Å². The van der Waals surface area contributed by atoms with Crippen LogP contribution in [0.1, 0.15) is 17.0 Å². The van der Waals surface area contributed by atoms with Gasteiger partial charge in [-0.2, -0.15) is 0 Å². The van der Waals surface area contributed by atoms with Gasteiger partial charge in [0.15, 0.2) is 0 Å². The summed E-state index contributed by atoms with van der Waals surface area (Å²) in [7, 11) is 0. The van der Waals surface area contributed by atoms with Crippen LogP contribution < -0.4 is 10.4 Å². The third-order valence-corrected chi connectivity index (χ3v) is 3.35. The number of benzene rings is 1. The zero-order valence-electron chi connectivity index (χ0n) is 11.5. The van der Waals surface area contributed by atoms with Crippen molar-refractivity contribution in [2.45, 2.75) is 20.5 Å². The van der Waals surface area contributed by atoms with E-state index < -0.39 is 5.63 Å². The largest absolute Gasteiger partial charge is 0.485 e. The number of rotatable bonds is 3. The number of aryl methyl sites for hydroxylation is 2. The zero-order valence-corrected chi connectivity index (χ0v) is 12.2. The highest BCUT2D eigenvalue weighted by Gasteiger charge is 2.10. The molecule has 0 unspecified atom stereocenters. The fourth-order valence-electron chi connectivity index (χ4n) is 2.07. The van der Waals surface area contributed by atoms with Crippen LogP contribution in [0.2, 0.25) is 5.02 Å². The summed E-state index contributed by atoms with van der Waals surface area (Å²) in [6, 6.07) is 6.54. The van der Waals surface area contributed by atoms with E-state index in [-0.39, 0.29) is 6.61 Å². The average Bonchev–Trinajstić information content (AvgIpc) is 2.83. The number of ether oxygens (including phenoxy) is 1. The van der Waals surface area contributed by atoms with Gasteiger partial charge < -0.3 is 13.7 Å². The van der Waals surface area contributed by atoms with Crippen LogP contribution in [-0.4, -0.2) is 5.16 Å². The lowest BCUT2D eigenvalue weighted by Crippen LogP contribution is -2.00. The van der Waals surface area contributed by atoms with Crippen LogP contribution in [0.25, 0.3) is 11.0 Å². The number of halogens is 1. The second-order valence-corrected chi connectivity index (χ2v) is 5.15. The van der Waals surface area contributed by atoms with E-state index in [0.717, 1.165) is 10.9 Å². The van der Waals surface area contributed by atoms with Crippen molar-refractivity contribution in [1.29, 1.82) is 0 Å². The van der Waals surface area contributed by atoms with Gasteiger partial charge in [-0.1, -0.05) is 16.8 Å². The fourth-order valence-corrected chi connectivity index (χ4v) is 2.29. The molecule has 3 aromatic rings. The summed E-state index contributed by atoms with van der Waals surface area (Å²) in [4.78, 5) is 11.4. The first-order chi connectivity index (χ1) is 10.0. The Balaban J connectivity index is 1.95. The summed E-state index contributed by atoms with van der Waals surface area (Å²) in [6.07, 6.45) is 0. The molecule has 0 aliphatic rings.